The third-order valence-electron chi connectivity index (χ3n) is 4.42. The van der Waals surface area contributed by atoms with Gasteiger partial charge in [-0.15, -0.1) is 0 Å². The molecule has 0 spiro atoms. The number of rotatable bonds is 1. The van der Waals surface area contributed by atoms with Crippen LogP contribution in [0, 0.1) is 11.3 Å². The Kier molecular flexibility index (Phi) is 2.97. The van der Waals surface area contributed by atoms with Crippen molar-refractivity contribution in [3.63, 3.8) is 0 Å². The summed E-state index contributed by atoms with van der Waals surface area (Å²) in [6.07, 6.45) is 2.67. The average molecular weight is 241 g/mol. The Morgan fingerprint density at radius 2 is 1.94 bits per heavy atom. The normalized spacial score (nSPS) is 27.9. The molecule has 0 aromatic heterocycles. The van der Waals surface area contributed by atoms with Gasteiger partial charge in [0.15, 0.2) is 0 Å². The number of hydrogen-bond donors (Lipinski definition) is 0. The van der Waals surface area contributed by atoms with Crippen molar-refractivity contribution in [3.8, 4) is 6.07 Å². The van der Waals surface area contributed by atoms with Crippen molar-refractivity contribution in [1.82, 2.24) is 4.90 Å². The van der Waals surface area contributed by atoms with Crippen LogP contribution in [0.4, 0.5) is 5.69 Å². The van der Waals surface area contributed by atoms with Crippen molar-refractivity contribution in [2.24, 2.45) is 0 Å². The van der Waals surface area contributed by atoms with Crippen LogP contribution in [0.2, 0.25) is 0 Å². The molecular weight excluding hydrogens is 222 g/mol. The Morgan fingerprint density at radius 3 is 2.67 bits per heavy atom. The van der Waals surface area contributed by atoms with E-state index in [0.717, 1.165) is 18.2 Å². The molecule has 0 N–H and O–H groups in total. The highest BCUT2D eigenvalue weighted by molar-refractivity contribution is 5.51. The maximum Gasteiger partial charge on any atom is 0.0991 e. The predicted octanol–water partition coefficient (Wildman–Crippen LogP) is 2.23. The summed E-state index contributed by atoms with van der Waals surface area (Å²) < 4.78 is 0. The Balaban J connectivity index is 1.81. The van der Waals surface area contributed by atoms with Gasteiger partial charge in [-0.3, -0.25) is 4.90 Å². The van der Waals surface area contributed by atoms with Crippen molar-refractivity contribution in [2.45, 2.75) is 31.8 Å². The van der Waals surface area contributed by atoms with E-state index in [1.807, 2.05) is 12.1 Å². The maximum atomic E-state index is 8.84. The minimum Gasteiger partial charge on any atom is -0.366 e. The third kappa shape index (κ3) is 1.87. The van der Waals surface area contributed by atoms with Gasteiger partial charge in [0.25, 0.3) is 0 Å². The van der Waals surface area contributed by atoms with Gasteiger partial charge in [0, 0.05) is 30.9 Å². The lowest BCUT2D eigenvalue weighted by Crippen LogP contribution is -2.56. The Bertz CT molecular complexity index is 460. The van der Waals surface area contributed by atoms with Gasteiger partial charge < -0.3 is 4.90 Å². The van der Waals surface area contributed by atoms with Gasteiger partial charge in [-0.05, 0) is 50.6 Å². The molecule has 0 aliphatic carbocycles. The van der Waals surface area contributed by atoms with Crippen LogP contribution in [-0.4, -0.2) is 36.6 Å². The Morgan fingerprint density at radius 1 is 1.17 bits per heavy atom. The second-order valence-corrected chi connectivity index (χ2v) is 5.34. The molecule has 2 atom stereocenters. The van der Waals surface area contributed by atoms with Crippen LogP contribution >= 0.6 is 0 Å². The van der Waals surface area contributed by atoms with E-state index in [0.29, 0.717) is 6.04 Å². The molecule has 2 heterocycles. The number of fused-ring (bicyclic) bond motifs is 1. The van der Waals surface area contributed by atoms with Crippen LogP contribution in [0.5, 0.6) is 0 Å². The van der Waals surface area contributed by atoms with E-state index in [2.05, 4.69) is 34.9 Å². The van der Waals surface area contributed by atoms with E-state index in [9.17, 15) is 0 Å². The smallest absolute Gasteiger partial charge is 0.0991 e. The average Bonchev–Trinajstić information content (AvgIpc) is 2.89. The molecule has 2 saturated heterocycles. The topological polar surface area (TPSA) is 30.3 Å². The lowest BCUT2D eigenvalue weighted by Gasteiger charge is -2.44. The Hall–Kier alpha value is -1.53. The van der Waals surface area contributed by atoms with E-state index < -0.39 is 0 Å². The zero-order chi connectivity index (χ0) is 12.5. The van der Waals surface area contributed by atoms with Gasteiger partial charge in [-0.25, -0.2) is 0 Å². The van der Waals surface area contributed by atoms with E-state index in [-0.39, 0.29) is 0 Å². The first-order valence-electron chi connectivity index (χ1n) is 6.80. The van der Waals surface area contributed by atoms with Gasteiger partial charge in [0.2, 0.25) is 0 Å². The van der Waals surface area contributed by atoms with Crippen molar-refractivity contribution in [1.29, 1.82) is 5.26 Å². The SMILES string of the molecule is CC1C2CCCN2CCN1c1ccc(C#N)cc1. The minimum absolute atomic E-state index is 0.578. The monoisotopic (exact) mass is 241 g/mol. The van der Waals surface area contributed by atoms with E-state index >= 15 is 0 Å². The van der Waals surface area contributed by atoms with Crippen molar-refractivity contribution in [3.05, 3.63) is 29.8 Å². The van der Waals surface area contributed by atoms with Crippen LogP contribution < -0.4 is 4.90 Å². The van der Waals surface area contributed by atoms with Gasteiger partial charge in [-0.1, -0.05) is 0 Å². The minimum atomic E-state index is 0.578. The summed E-state index contributed by atoms with van der Waals surface area (Å²) in [5.41, 5.74) is 2.00. The molecule has 2 aliphatic rings. The van der Waals surface area contributed by atoms with Gasteiger partial charge in [0.05, 0.1) is 11.6 Å². The van der Waals surface area contributed by atoms with Gasteiger partial charge in [-0.2, -0.15) is 5.26 Å². The summed E-state index contributed by atoms with van der Waals surface area (Å²) in [6, 6.07) is 11.5. The fourth-order valence-electron chi connectivity index (χ4n) is 3.42. The summed E-state index contributed by atoms with van der Waals surface area (Å²) in [4.78, 5) is 5.12. The first-order valence-corrected chi connectivity index (χ1v) is 6.80. The molecule has 2 aliphatic heterocycles. The van der Waals surface area contributed by atoms with Crippen LogP contribution in [0.25, 0.3) is 0 Å². The molecule has 1 aromatic rings. The van der Waals surface area contributed by atoms with E-state index in [1.165, 1.54) is 31.6 Å². The van der Waals surface area contributed by atoms with Crippen molar-refractivity contribution in [2.75, 3.05) is 24.5 Å². The fraction of sp³-hybridized carbons (Fsp3) is 0.533. The lowest BCUT2D eigenvalue weighted by molar-refractivity contribution is 0.194. The summed E-state index contributed by atoms with van der Waals surface area (Å²) in [6.45, 7) is 5.88. The summed E-state index contributed by atoms with van der Waals surface area (Å²) >= 11 is 0. The molecule has 2 unspecified atom stereocenters. The van der Waals surface area contributed by atoms with Crippen LogP contribution in [-0.2, 0) is 0 Å². The molecule has 0 amide bonds. The third-order valence-corrected chi connectivity index (χ3v) is 4.42. The van der Waals surface area contributed by atoms with Crippen molar-refractivity contribution < 1.29 is 0 Å². The first-order chi connectivity index (χ1) is 8.79. The molecule has 3 nitrogen and oxygen atoms in total. The predicted molar refractivity (Wildman–Crippen MR) is 72.6 cm³/mol. The summed E-state index contributed by atoms with van der Waals surface area (Å²) in [5, 5.41) is 8.84. The molecule has 94 valence electrons. The highest BCUT2D eigenvalue weighted by Crippen LogP contribution is 2.30. The second kappa shape index (κ2) is 4.62. The highest BCUT2D eigenvalue weighted by atomic mass is 15.3. The maximum absolute atomic E-state index is 8.84. The van der Waals surface area contributed by atoms with E-state index in [1.54, 1.807) is 0 Å². The zero-order valence-electron chi connectivity index (χ0n) is 10.8. The number of nitrogens with zero attached hydrogens (tertiary/aromatic N) is 3. The molecule has 0 saturated carbocycles. The lowest BCUT2D eigenvalue weighted by atomic mass is 10.0. The number of nitriles is 1. The van der Waals surface area contributed by atoms with Crippen LogP contribution in [0.1, 0.15) is 25.3 Å². The molecule has 0 radical (unpaired) electrons. The standard InChI is InChI=1S/C15H19N3/c1-12-15-3-2-8-17(15)9-10-18(12)14-6-4-13(11-16)5-7-14/h4-7,12,15H,2-3,8-10H2,1H3. The number of piperazine rings is 1. The molecule has 0 bridgehead atoms. The highest BCUT2D eigenvalue weighted by Gasteiger charge is 2.36. The fourth-order valence-corrected chi connectivity index (χ4v) is 3.42. The molecule has 18 heavy (non-hydrogen) atoms. The van der Waals surface area contributed by atoms with Crippen LogP contribution in [0.15, 0.2) is 24.3 Å². The molecule has 3 rings (SSSR count). The molecule has 1 aromatic carbocycles. The summed E-state index contributed by atoms with van der Waals surface area (Å²) in [7, 11) is 0. The molecule has 3 heteroatoms. The van der Waals surface area contributed by atoms with Crippen molar-refractivity contribution >= 4 is 5.69 Å². The number of anilines is 1. The van der Waals surface area contributed by atoms with E-state index in [4.69, 9.17) is 5.26 Å². The first kappa shape index (κ1) is 11.6. The molecular formula is C15H19N3. The van der Waals surface area contributed by atoms with Gasteiger partial charge >= 0.3 is 0 Å². The largest absolute Gasteiger partial charge is 0.366 e. The second-order valence-electron chi connectivity index (χ2n) is 5.34. The Labute approximate surface area is 109 Å². The van der Waals surface area contributed by atoms with Crippen LogP contribution in [0.3, 0.4) is 0 Å². The quantitative estimate of drug-likeness (QED) is 0.755. The summed E-state index contributed by atoms with van der Waals surface area (Å²) in [5.74, 6) is 0. The van der Waals surface area contributed by atoms with Gasteiger partial charge in [0.1, 0.15) is 0 Å². The number of benzene rings is 1. The zero-order valence-corrected chi connectivity index (χ0v) is 10.8. The number of hydrogen-bond acceptors (Lipinski definition) is 3. The molecule has 2 fully saturated rings.